The Labute approximate surface area is 364 Å². The molecule has 9 nitrogen and oxygen atoms in total. The van der Waals surface area contributed by atoms with E-state index in [1.54, 1.807) is 6.92 Å². The number of aliphatic hydroxyl groups excluding tert-OH is 5. The first kappa shape index (κ1) is 56.2. The fourth-order valence-corrected chi connectivity index (χ4v) is 8.56. The molecule has 1 fully saturated rings. The summed E-state index contributed by atoms with van der Waals surface area (Å²) < 4.78 is 11.3. The van der Waals surface area contributed by atoms with Gasteiger partial charge in [0.05, 0.1) is 24.9 Å². The maximum Gasteiger partial charge on any atom is 0.220 e. The smallest absolute Gasteiger partial charge is 0.220 e. The van der Waals surface area contributed by atoms with Gasteiger partial charge in [-0.15, -0.1) is 0 Å². The summed E-state index contributed by atoms with van der Waals surface area (Å²) in [5.41, 5.74) is 0. The Bertz CT molecular complexity index is 910. The van der Waals surface area contributed by atoms with Crippen molar-refractivity contribution in [2.45, 2.75) is 307 Å². The Morgan fingerprint density at radius 2 is 0.847 bits per heavy atom. The predicted octanol–water partition coefficient (Wildman–Crippen LogP) is 11.5. The van der Waals surface area contributed by atoms with E-state index in [1.807, 2.05) is 0 Å². The second-order valence-electron chi connectivity index (χ2n) is 18.5. The Kier molecular flexibility index (Phi) is 38.1. The lowest BCUT2D eigenvalue weighted by Gasteiger charge is -2.39. The van der Waals surface area contributed by atoms with Gasteiger partial charge in [0.1, 0.15) is 24.4 Å². The fourth-order valence-electron chi connectivity index (χ4n) is 8.56. The third-order valence-electron chi connectivity index (χ3n) is 12.8. The van der Waals surface area contributed by atoms with E-state index in [4.69, 9.17) is 9.47 Å². The highest BCUT2D eigenvalue weighted by Crippen LogP contribution is 2.23. The molecule has 0 aromatic carbocycles. The molecule has 0 aromatic heterocycles. The Morgan fingerprint density at radius 3 is 1.22 bits per heavy atom. The van der Waals surface area contributed by atoms with Crippen molar-refractivity contribution < 1.29 is 39.8 Å². The molecule has 6 N–H and O–H groups in total. The molecule has 0 saturated carbocycles. The molecule has 1 amide bonds. The lowest BCUT2D eigenvalue weighted by molar-refractivity contribution is -0.295. The van der Waals surface area contributed by atoms with Crippen LogP contribution >= 0.6 is 0 Å². The molecule has 1 saturated heterocycles. The molecule has 6 unspecified atom stereocenters. The van der Waals surface area contributed by atoms with Gasteiger partial charge < -0.3 is 40.3 Å². The largest absolute Gasteiger partial charge is 0.390 e. The summed E-state index contributed by atoms with van der Waals surface area (Å²) in [5.74, 6) is -0.215. The second-order valence-corrected chi connectivity index (χ2v) is 18.5. The van der Waals surface area contributed by atoms with Gasteiger partial charge in [0, 0.05) is 6.42 Å². The molecule has 1 rings (SSSR count). The first-order valence-electron chi connectivity index (χ1n) is 25.7. The maximum absolute atomic E-state index is 13.0. The van der Waals surface area contributed by atoms with Gasteiger partial charge in [0.15, 0.2) is 6.29 Å². The minimum absolute atomic E-state index is 0.215. The Morgan fingerprint density at radius 1 is 0.508 bits per heavy atom. The quantitative estimate of drug-likeness (QED) is 0.0332. The Hall–Kier alpha value is -0.810. The van der Waals surface area contributed by atoms with Crippen molar-refractivity contribution in [1.82, 2.24) is 5.32 Å². The van der Waals surface area contributed by atoms with Crippen LogP contribution < -0.4 is 5.32 Å². The zero-order valence-electron chi connectivity index (χ0n) is 38.9. The number of hydrogen-bond donors (Lipinski definition) is 6. The van der Waals surface area contributed by atoms with Crippen LogP contribution in [0.2, 0.25) is 0 Å². The van der Waals surface area contributed by atoms with Crippen LogP contribution in [-0.2, 0) is 14.3 Å². The molecular formula is C50H99NO8. The van der Waals surface area contributed by atoms with Crippen molar-refractivity contribution in [3.63, 3.8) is 0 Å². The molecular weight excluding hydrogens is 743 g/mol. The van der Waals surface area contributed by atoms with Gasteiger partial charge in [-0.1, -0.05) is 232 Å². The molecule has 9 heteroatoms. The SMILES string of the molecule is CCCCCCCCCCCCCCCCCCCCCCCCCC(=O)N[C@@H](COC1OC(C)C(O)C(O)C1O)C(O)[C@H](O)CCCCCCCCCCCCCC. The van der Waals surface area contributed by atoms with E-state index in [0.717, 1.165) is 38.5 Å². The molecule has 0 aromatic rings. The van der Waals surface area contributed by atoms with E-state index in [-0.39, 0.29) is 12.5 Å². The van der Waals surface area contributed by atoms with Gasteiger partial charge in [-0.05, 0) is 19.8 Å². The van der Waals surface area contributed by atoms with Gasteiger partial charge in [-0.25, -0.2) is 0 Å². The molecule has 1 aliphatic heterocycles. The third kappa shape index (κ3) is 30.8. The normalized spacial score (nSPS) is 21.1. The second kappa shape index (κ2) is 40.0. The molecule has 0 radical (unpaired) electrons. The number of ether oxygens (including phenoxy) is 2. The van der Waals surface area contributed by atoms with Crippen LogP contribution in [0.3, 0.4) is 0 Å². The fraction of sp³-hybridized carbons (Fsp3) is 0.980. The number of rotatable bonds is 43. The number of carbonyl (C=O) groups excluding carboxylic acids is 1. The monoisotopic (exact) mass is 842 g/mol. The van der Waals surface area contributed by atoms with Crippen molar-refractivity contribution in [2.24, 2.45) is 0 Å². The lowest BCUT2D eigenvalue weighted by atomic mass is 9.98. The van der Waals surface area contributed by atoms with E-state index in [1.165, 1.54) is 186 Å². The number of amides is 1. The molecule has 59 heavy (non-hydrogen) atoms. The summed E-state index contributed by atoms with van der Waals surface area (Å²) in [6.07, 6.45) is 37.1. The average Bonchev–Trinajstić information content (AvgIpc) is 3.23. The predicted molar refractivity (Wildman–Crippen MR) is 244 cm³/mol. The van der Waals surface area contributed by atoms with Crippen LogP contribution in [0.1, 0.15) is 258 Å². The molecule has 0 bridgehead atoms. The van der Waals surface area contributed by atoms with E-state index in [9.17, 15) is 30.3 Å². The molecule has 1 aliphatic rings. The van der Waals surface area contributed by atoms with Crippen molar-refractivity contribution in [1.29, 1.82) is 0 Å². The number of aliphatic hydroxyl groups is 5. The summed E-state index contributed by atoms with van der Waals surface area (Å²) >= 11 is 0. The van der Waals surface area contributed by atoms with E-state index >= 15 is 0 Å². The Balaban J connectivity index is 2.23. The van der Waals surface area contributed by atoms with Gasteiger partial charge in [0.2, 0.25) is 5.91 Å². The average molecular weight is 842 g/mol. The summed E-state index contributed by atoms with van der Waals surface area (Å²) in [7, 11) is 0. The number of nitrogens with one attached hydrogen (secondary N) is 1. The number of carbonyl (C=O) groups is 1. The van der Waals surface area contributed by atoms with Crippen molar-refractivity contribution in [3.8, 4) is 0 Å². The minimum atomic E-state index is -1.49. The highest BCUT2D eigenvalue weighted by molar-refractivity contribution is 5.76. The summed E-state index contributed by atoms with van der Waals surface area (Å²) in [6, 6.07) is -0.922. The van der Waals surface area contributed by atoms with Crippen LogP contribution in [-0.4, -0.2) is 87.0 Å². The highest BCUT2D eigenvalue weighted by Gasteiger charge is 2.43. The third-order valence-corrected chi connectivity index (χ3v) is 12.8. The van der Waals surface area contributed by atoms with Crippen LogP contribution in [0.5, 0.6) is 0 Å². The van der Waals surface area contributed by atoms with Gasteiger partial charge in [-0.2, -0.15) is 0 Å². The van der Waals surface area contributed by atoms with Crippen molar-refractivity contribution in [3.05, 3.63) is 0 Å². The van der Waals surface area contributed by atoms with E-state index in [2.05, 4.69) is 19.2 Å². The first-order chi connectivity index (χ1) is 28.7. The van der Waals surface area contributed by atoms with Crippen molar-refractivity contribution >= 4 is 5.91 Å². The van der Waals surface area contributed by atoms with Crippen LogP contribution in [0.15, 0.2) is 0 Å². The molecule has 0 aliphatic carbocycles. The van der Waals surface area contributed by atoms with Crippen LogP contribution in [0, 0.1) is 0 Å². The van der Waals surface area contributed by atoms with E-state index in [0.29, 0.717) is 12.8 Å². The number of hydrogen-bond acceptors (Lipinski definition) is 8. The maximum atomic E-state index is 13.0. The summed E-state index contributed by atoms with van der Waals surface area (Å²) in [4.78, 5) is 13.0. The lowest BCUT2D eigenvalue weighted by Crippen LogP contribution is -2.58. The standard InChI is InChI=1S/C50H99NO8/c1-4-6-8-10-12-14-16-18-19-20-21-22-23-24-25-26-27-28-30-32-34-36-38-40-45(53)51-43(41-58-50-49(57)48(56)46(54)42(3)59-50)47(55)44(52)39-37-35-33-31-29-17-15-13-11-9-7-5-2/h42-44,46-50,52,54-57H,4-41H2,1-3H3,(H,51,53)/t42?,43-,44+,46?,47?,48?,49?,50?/m0/s1. The molecule has 1 heterocycles. The van der Waals surface area contributed by atoms with Gasteiger partial charge in [0.25, 0.3) is 0 Å². The molecule has 352 valence electrons. The number of unbranched alkanes of at least 4 members (excludes halogenated alkanes) is 33. The molecule has 8 atom stereocenters. The zero-order chi connectivity index (χ0) is 43.2. The van der Waals surface area contributed by atoms with Crippen molar-refractivity contribution in [2.75, 3.05) is 6.61 Å². The highest BCUT2D eigenvalue weighted by atomic mass is 16.7. The van der Waals surface area contributed by atoms with E-state index < -0.39 is 49.0 Å². The molecule has 0 spiro atoms. The van der Waals surface area contributed by atoms with Crippen LogP contribution in [0.4, 0.5) is 0 Å². The summed E-state index contributed by atoms with van der Waals surface area (Å²) in [5, 5.41) is 55.7. The minimum Gasteiger partial charge on any atom is -0.390 e. The van der Waals surface area contributed by atoms with Crippen LogP contribution in [0.25, 0.3) is 0 Å². The van der Waals surface area contributed by atoms with Gasteiger partial charge >= 0.3 is 0 Å². The first-order valence-corrected chi connectivity index (χ1v) is 25.7. The summed E-state index contributed by atoms with van der Waals surface area (Å²) in [6.45, 7) is 5.88. The van der Waals surface area contributed by atoms with Gasteiger partial charge in [-0.3, -0.25) is 4.79 Å². The topological polar surface area (TPSA) is 149 Å². The zero-order valence-corrected chi connectivity index (χ0v) is 38.9.